The minimum absolute atomic E-state index is 0.124. The molecule has 39 heavy (non-hydrogen) atoms. The van der Waals surface area contributed by atoms with Crippen LogP contribution in [0, 0.1) is 5.82 Å². The van der Waals surface area contributed by atoms with Crippen molar-refractivity contribution in [2.45, 2.75) is 23.9 Å². The average Bonchev–Trinajstić information content (AvgIpc) is 3.34. The van der Waals surface area contributed by atoms with Crippen molar-refractivity contribution in [2.75, 3.05) is 17.7 Å². The molecule has 3 N–H and O–H groups in total. The second-order valence-electron chi connectivity index (χ2n) is 8.73. The second-order valence-corrected chi connectivity index (χ2v) is 9.67. The SMILES string of the molecule is COc1ccccc1NC(=O)C1=C(C)Nc2nc(SCc3cccc(F)c3)nn2[C@H]1c1ccc(C(=O)O)cc1. The summed E-state index contributed by atoms with van der Waals surface area (Å²) in [6, 6.07) is 19.0. The van der Waals surface area contributed by atoms with Crippen molar-refractivity contribution >= 4 is 35.3 Å². The normalized spacial score (nSPS) is 14.4. The number of carbonyl (C=O) groups excluding carboxylic acids is 1. The molecule has 4 aromatic rings. The summed E-state index contributed by atoms with van der Waals surface area (Å²) in [7, 11) is 1.52. The van der Waals surface area contributed by atoms with Crippen LogP contribution in [-0.2, 0) is 10.5 Å². The molecule has 0 aliphatic carbocycles. The van der Waals surface area contributed by atoms with Crippen LogP contribution in [0.1, 0.15) is 34.5 Å². The number of hydrogen-bond donors (Lipinski definition) is 3. The van der Waals surface area contributed by atoms with E-state index in [1.807, 2.05) is 6.07 Å². The van der Waals surface area contributed by atoms with Crippen LogP contribution in [0.15, 0.2) is 89.2 Å². The Labute approximate surface area is 227 Å². The highest BCUT2D eigenvalue weighted by Gasteiger charge is 2.34. The predicted molar refractivity (Wildman–Crippen MR) is 145 cm³/mol. The van der Waals surface area contributed by atoms with Gasteiger partial charge in [0.15, 0.2) is 0 Å². The van der Waals surface area contributed by atoms with Gasteiger partial charge in [0.1, 0.15) is 17.6 Å². The van der Waals surface area contributed by atoms with Crippen LogP contribution in [0.3, 0.4) is 0 Å². The maximum absolute atomic E-state index is 13.7. The molecule has 0 saturated carbocycles. The van der Waals surface area contributed by atoms with E-state index in [2.05, 4.69) is 20.7 Å². The first kappa shape index (κ1) is 26.0. The highest BCUT2D eigenvalue weighted by atomic mass is 32.2. The molecular formula is C28H24FN5O4S. The summed E-state index contributed by atoms with van der Waals surface area (Å²) in [5.74, 6) is -0.366. The van der Waals surface area contributed by atoms with Crippen molar-refractivity contribution in [1.82, 2.24) is 14.8 Å². The van der Waals surface area contributed by atoms with E-state index in [0.29, 0.717) is 45.1 Å². The lowest BCUT2D eigenvalue weighted by Crippen LogP contribution is -2.31. The molecule has 2 heterocycles. The van der Waals surface area contributed by atoms with Crippen molar-refractivity contribution in [3.8, 4) is 5.75 Å². The van der Waals surface area contributed by atoms with Gasteiger partial charge in [-0.3, -0.25) is 4.79 Å². The zero-order chi connectivity index (χ0) is 27.5. The number of allylic oxidation sites excluding steroid dienone is 1. The molecule has 1 atom stereocenters. The zero-order valence-corrected chi connectivity index (χ0v) is 21.8. The number of thioether (sulfide) groups is 1. The molecule has 0 radical (unpaired) electrons. The van der Waals surface area contributed by atoms with Crippen LogP contribution in [0.5, 0.6) is 5.75 Å². The number of benzene rings is 3. The number of aromatic carboxylic acids is 1. The minimum Gasteiger partial charge on any atom is -0.495 e. The number of carboxylic acid groups (broad SMARTS) is 1. The number of hydrogen-bond acceptors (Lipinski definition) is 7. The van der Waals surface area contributed by atoms with E-state index >= 15 is 0 Å². The van der Waals surface area contributed by atoms with Crippen LogP contribution in [0.2, 0.25) is 0 Å². The predicted octanol–water partition coefficient (Wildman–Crippen LogP) is 5.34. The molecule has 9 nitrogen and oxygen atoms in total. The van der Waals surface area contributed by atoms with Gasteiger partial charge in [-0.2, -0.15) is 4.98 Å². The third kappa shape index (κ3) is 5.48. The van der Waals surface area contributed by atoms with Gasteiger partial charge in [-0.1, -0.05) is 48.2 Å². The highest BCUT2D eigenvalue weighted by Crippen LogP contribution is 2.37. The molecule has 1 aromatic heterocycles. The fraction of sp³-hybridized carbons (Fsp3) is 0.143. The number of carboxylic acids is 1. The Balaban J connectivity index is 1.51. The summed E-state index contributed by atoms with van der Waals surface area (Å²) in [5.41, 5.74) is 3.01. The lowest BCUT2D eigenvalue weighted by molar-refractivity contribution is -0.113. The lowest BCUT2D eigenvalue weighted by Gasteiger charge is -2.28. The number of amides is 1. The zero-order valence-electron chi connectivity index (χ0n) is 21.0. The summed E-state index contributed by atoms with van der Waals surface area (Å²) in [6.45, 7) is 1.77. The molecule has 1 aliphatic rings. The number of fused-ring (bicyclic) bond motifs is 1. The molecule has 1 aliphatic heterocycles. The van der Waals surface area contributed by atoms with Gasteiger partial charge in [0.05, 0.1) is 23.9 Å². The monoisotopic (exact) mass is 545 g/mol. The van der Waals surface area contributed by atoms with Gasteiger partial charge < -0.3 is 20.5 Å². The van der Waals surface area contributed by atoms with Crippen molar-refractivity contribution in [3.63, 3.8) is 0 Å². The quantitative estimate of drug-likeness (QED) is 0.254. The summed E-state index contributed by atoms with van der Waals surface area (Å²) in [4.78, 5) is 29.7. The van der Waals surface area contributed by atoms with Crippen LogP contribution in [-0.4, -0.2) is 38.9 Å². The first-order chi connectivity index (χ1) is 18.8. The highest BCUT2D eigenvalue weighted by molar-refractivity contribution is 7.98. The minimum atomic E-state index is -1.05. The third-order valence-corrected chi connectivity index (χ3v) is 7.07. The summed E-state index contributed by atoms with van der Waals surface area (Å²) in [5, 5.41) is 20.6. The lowest BCUT2D eigenvalue weighted by atomic mass is 9.94. The number of nitrogens with one attached hydrogen (secondary N) is 2. The second kappa shape index (κ2) is 11.0. The molecule has 0 unspecified atom stereocenters. The first-order valence-electron chi connectivity index (χ1n) is 11.9. The number of rotatable bonds is 8. The first-order valence-corrected chi connectivity index (χ1v) is 12.9. The molecule has 1 amide bonds. The molecule has 3 aromatic carbocycles. The van der Waals surface area contributed by atoms with Crippen molar-refractivity contribution in [1.29, 1.82) is 0 Å². The Kier molecular flexibility index (Phi) is 7.33. The summed E-state index contributed by atoms with van der Waals surface area (Å²) >= 11 is 1.33. The van der Waals surface area contributed by atoms with Gasteiger partial charge in [0, 0.05) is 11.4 Å². The van der Waals surface area contributed by atoms with Gasteiger partial charge in [0.25, 0.3) is 5.91 Å². The van der Waals surface area contributed by atoms with Gasteiger partial charge in [-0.25, -0.2) is 13.9 Å². The molecule has 0 fully saturated rings. The van der Waals surface area contributed by atoms with E-state index in [0.717, 1.165) is 5.56 Å². The van der Waals surface area contributed by atoms with Gasteiger partial charge in [-0.15, -0.1) is 5.10 Å². The van der Waals surface area contributed by atoms with Gasteiger partial charge in [-0.05, 0) is 54.4 Å². The number of anilines is 2. The van der Waals surface area contributed by atoms with E-state index in [1.165, 1.54) is 43.1 Å². The maximum Gasteiger partial charge on any atom is 0.335 e. The number of halogens is 1. The number of para-hydroxylation sites is 2. The fourth-order valence-electron chi connectivity index (χ4n) is 4.32. The van der Waals surface area contributed by atoms with E-state index in [4.69, 9.17) is 4.74 Å². The van der Waals surface area contributed by atoms with Crippen molar-refractivity contribution < 1.29 is 23.8 Å². The van der Waals surface area contributed by atoms with Crippen molar-refractivity contribution in [2.24, 2.45) is 0 Å². The van der Waals surface area contributed by atoms with Gasteiger partial charge in [0.2, 0.25) is 11.1 Å². The molecule has 11 heteroatoms. The van der Waals surface area contributed by atoms with Crippen LogP contribution < -0.4 is 15.4 Å². The maximum atomic E-state index is 13.7. The van der Waals surface area contributed by atoms with Crippen molar-refractivity contribution in [3.05, 3.63) is 107 Å². The number of carbonyl (C=O) groups is 2. The van der Waals surface area contributed by atoms with E-state index in [9.17, 15) is 19.1 Å². The van der Waals surface area contributed by atoms with Crippen LogP contribution in [0.25, 0.3) is 0 Å². The number of aromatic nitrogens is 3. The summed E-state index contributed by atoms with van der Waals surface area (Å²) in [6.07, 6.45) is 0. The summed E-state index contributed by atoms with van der Waals surface area (Å²) < 4.78 is 20.6. The Hall–Kier alpha value is -4.64. The molecule has 5 rings (SSSR count). The van der Waals surface area contributed by atoms with E-state index in [-0.39, 0.29) is 17.3 Å². The number of nitrogens with zero attached hydrogens (tertiary/aromatic N) is 3. The molecule has 0 bridgehead atoms. The topological polar surface area (TPSA) is 118 Å². The van der Waals surface area contributed by atoms with E-state index in [1.54, 1.807) is 54.1 Å². The Morgan fingerprint density at radius 1 is 1.13 bits per heavy atom. The standard InChI is InChI=1S/C28H24FN5O4S/c1-16-23(25(35)31-21-8-3-4-9-22(21)38-2)24(18-10-12-19(13-11-18)26(36)37)34-27(30-16)32-28(33-34)39-15-17-6-5-7-20(29)14-17/h3-14,24H,15H2,1-2H3,(H,31,35)(H,36,37)(H,30,32,33)/t24-/m0/s1. The smallest absolute Gasteiger partial charge is 0.335 e. The Bertz CT molecular complexity index is 1590. The largest absolute Gasteiger partial charge is 0.495 e. The Morgan fingerprint density at radius 2 is 1.90 bits per heavy atom. The molecule has 0 saturated heterocycles. The molecule has 0 spiro atoms. The van der Waals surface area contributed by atoms with Gasteiger partial charge >= 0.3 is 5.97 Å². The molecule has 198 valence electrons. The fourth-order valence-corrected chi connectivity index (χ4v) is 5.09. The molecular weight excluding hydrogens is 521 g/mol. The third-order valence-electron chi connectivity index (χ3n) is 6.16. The average molecular weight is 546 g/mol. The van der Waals surface area contributed by atoms with Crippen LogP contribution >= 0.6 is 11.8 Å². The Morgan fingerprint density at radius 3 is 2.62 bits per heavy atom. The van der Waals surface area contributed by atoms with E-state index < -0.39 is 12.0 Å². The van der Waals surface area contributed by atoms with Crippen LogP contribution in [0.4, 0.5) is 16.0 Å². The number of ether oxygens (including phenoxy) is 1. The number of methoxy groups -OCH3 is 1.